The number of aliphatic hydroxyl groups is 1. The van der Waals surface area contributed by atoms with Crippen molar-refractivity contribution in [2.24, 2.45) is 5.92 Å². The van der Waals surface area contributed by atoms with Gasteiger partial charge in [-0.3, -0.25) is 9.80 Å². The Bertz CT molecular complexity index is 492. The molecule has 5 nitrogen and oxygen atoms in total. The van der Waals surface area contributed by atoms with E-state index < -0.39 is 0 Å². The van der Waals surface area contributed by atoms with Gasteiger partial charge in [-0.1, -0.05) is 12.1 Å². The first-order valence-corrected chi connectivity index (χ1v) is 9.63. The van der Waals surface area contributed by atoms with Gasteiger partial charge in [-0.05, 0) is 56.5 Å². The highest BCUT2D eigenvalue weighted by atomic mass is 16.5. The van der Waals surface area contributed by atoms with E-state index in [0.717, 1.165) is 77.7 Å². The van der Waals surface area contributed by atoms with Gasteiger partial charge >= 0.3 is 0 Å². The Balaban J connectivity index is 1.37. The molecule has 140 valence electrons. The Kier molecular flexibility index (Phi) is 7.11. The molecule has 2 heterocycles. The van der Waals surface area contributed by atoms with Crippen LogP contribution in [0.3, 0.4) is 0 Å². The smallest absolute Gasteiger partial charge is 0.119 e. The molecular weight excluding hydrogens is 316 g/mol. The van der Waals surface area contributed by atoms with E-state index in [1.807, 2.05) is 6.92 Å². The minimum atomic E-state index is -0.170. The van der Waals surface area contributed by atoms with E-state index in [-0.39, 0.29) is 6.10 Å². The van der Waals surface area contributed by atoms with E-state index in [1.54, 1.807) is 0 Å². The number of rotatable bonds is 7. The summed E-state index contributed by atoms with van der Waals surface area (Å²) in [4.78, 5) is 4.86. The van der Waals surface area contributed by atoms with Crippen LogP contribution in [0.1, 0.15) is 25.3 Å². The lowest BCUT2D eigenvalue weighted by atomic mass is 9.92. The normalized spacial score (nSPS) is 22.0. The summed E-state index contributed by atoms with van der Waals surface area (Å²) < 4.78 is 11.2. The quantitative estimate of drug-likeness (QED) is 0.816. The highest BCUT2D eigenvalue weighted by Crippen LogP contribution is 2.22. The summed E-state index contributed by atoms with van der Waals surface area (Å²) in [5.74, 6) is 1.42. The largest absolute Gasteiger partial charge is 0.492 e. The minimum absolute atomic E-state index is 0.170. The van der Waals surface area contributed by atoms with Gasteiger partial charge in [0.25, 0.3) is 0 Å². The Morgan fingerprint density at radius 1 is 1.08 bits per heavy atom. The zero-order valence-electron chi connectivity index (χ0n) is 15.4. The average Bonchev–Trinajstić information content (AvgIpc) is 2.64. The molecule has 25 heavy (non-hydrogen) atoms. The van der Waals surface area contributed by atoms with Gasteiger partial charge in [-0.25, -0.2) is 0 Å². The van der Waals surface area contributed by atoms with E-state index in [2.05, 4.69) is 34.1 Å². The van der Waals surface area contributed by atoms with Crippen LogP contribution in [0.4, 0.5) is 0 Å². The van der Waals surface area contributed by atoms with Crippen molar-refractivity contribution < 1.29 is 14.6 Å². The number of likely N-dealkylation sites (tertiary alicyclic amines) is 1. The molecule has 1 atom stereocenters. The summed E-state index contributed by atoms with van der Waals surface area (Å²) in [5, 5.41) is 9.70. The Morgan fingerprint density at radius 2 is 1.76 bits per heavy atom. The fourth-order valence-corrected chi connectivity index (χ4v) is 3.66. The molecular formula is C20H32N2O3. The molecule has 0 radical (unpaired) electrons. The first kappa shape index (κ1) is 18.6. The van der Waals surface area contributed by atoms with Gasteiger partial charge in [0.15, 0.2) is 0 Å². The Labute approximate surface area is 151 Å². The van der Waals surface area contributed by atoms with Crippen molar-refractivity contribution in [3.63, 3.8) is 0 Å². The van der Waals surface area contributed by atoms with Crippen LogP contribution in [0.25, 0.3) is 0 Å². The van der Waals surface area contributed by atoms with Crippen LogP contribution in [0.15, 0.2) is 24.3 Å². The standard InChI is InChI=1S/C20H32N2O3/c1-17(23)19-6-8-22(9-7-19)16-18-2-4-20(5-3-18)25-15-12-21-10-13-24-14-11-21/h2-5,17,19,23H,6-16H2,1H3/t17-/m0/s1. The van der Waals surface area contributed by atoms with Crippen LogP contribution in [0, 0.1) is 5.92 Å². The lowest BCUT2D eigenvalue weighted by Gasteiger charge is -2.33. The van der Waals surface area contributed by atoms with Crippen LogP contribution in [-0.4, -0.2) is 73.6 Å². The molecule has 0 unspecified atom stereocenters. The third-order valence-corrected chi connectivity index (χ3v) is 5.42. The van der Waals surface area contributed by atoms with Gasteiger partial charge in [-0.2, -0.15) is 0 Å². The van der Waals surface area contributed by atoms with Crippen LogP contribution < -0.4 is 4.74 Å². The number of hydrogen-bond donors (Lipinski definition) is 1. The van der Waals surface area contributed by atoms with Crippen LogP contribution in [-0.2, 0) is 11.3 Å². The van der Waals surface area contributed by atoms with Crippen molar-refractivity contribution >= 4 is 0 Å². The summed E-state index contributed by atoms with van der Waals surface area (Å²) >= 11 is 0. The van der Waals surface area contributed by atoms with E-state index in [0.29, 0.717) is 5.92 Å². The number of piperidine rings is 1. The van der Waals surface area contributed by atoms with Crippen LogP contribution in [0.5, 0.6) is 5.75 Å². The minimum Gasteiger partial charge on any atom is -0.492 e. The molecule has 0 aromatic heterocycles. The fraction of sp³-hybridized carbons (Fsp3) is 0.700. The van der Waals surface area contributed by atoms with Crippen molar-refractivity contribution in [2.45, 2.75) is 32.4 Å². The van der Waals surface area contributed by atoms with E-state index in [1.165, 1.54) is 5.56 Å². The van der Waals surface area contributed by atoms with Gasteiger partial charge in [-0.15, -0.1) is 0 Å². The van der Waals surface area contributed by atoms with Crippen LogP contribution >= 0.6 is 0 Å². The first-order valence-electron chi connectivity index (χ1n) is 9.63. The number of nitrogens with zero attached hydrogens (tertiary/aromatic N) is 2. The highest BCUT2D eigenvalue weighted by Gasteiger charge is 2.22. The molecule has 0 aliphatic carbocycles. The maximum absolute atomic E-state index is 9.70. The molecule has 2 saturated heterocycles. The zero-order chi connectivity index (χ0) is 17.5. The van der Waals surface area contributed by atoms with Gasteiger partial charge in [0.2, 0.25) is 0 Å². The van der Waals surface area contributed by atoms with Crippen LogP contribution in [0.2, 0.25) is 0 Å². The van der Waals surface area contributed by atoms with Gasteiger partial charge in [0, 0.05) is 26.2 Å². The molecule has 1 aromatic carbocycles. The van der Waals surface area contributed by atoms with Gasteiger partial charge in [0.1, 0.15) is 12.4 Å². The topological polar surface area (TPSA) is 45.2 Å². The van der Waals surface area contributed by atoms with E-state index in [9.17, 15) is 5.11 Å². The number of aliphatic hydroxyl groups excluding tert-OH is 1. The number of benzene rings is 1. The molecule has 2 aliphatic heterocycles. The highest BCUT2D eigenvalue weighted by molar-refractivity contribution is 5.27. The molecule has 2 aliphatic rings. The predicted octanol–water partition coefficient (Wildman–Crippen LogP) is 1.99. The summed E-state index contributed by atoms with van der Waals surface area (Å²) in [6, 6.07) is 8.50. The lowest BCUT2D eigenvalue weighted by molar-refractivity contribution is 0.0322. The first-order chi connectivity index (χ1) is 12.2. The second-order valence-corrected chi connectivity index (χ2v) is 7.30. The number of hydrogen-bond acceptors (Lipinski definition) is 5. The monoisotopic (exact) mass is 348 g/mol. The molecule has 1 N–H and O–H groups in total. The van der Waals surface area contributed by atoms with Gasteiger partial charge < -0.3 is 14.6 Å². The molecule has 5 heteroatoms. The van der Waals surface area contributed by atoms with Gasteiger partial charge in [0.05, 0.1) is 19.3 Å². The SMILES string of the molecule is C[C@H](O)C1CCN(Cc2ccc(OCCN3CCOCC3)cc2)CC1. The second-order valence-electron chi connectivity index (χ2n) is 7.30. The number of ether oxygens (including phenoxy) is 2. The fourth-order valence-electron chi connectivity index (χ4n) is 3.66. The molecule has 0 amide bonds. The molecule has 2 fully saturated rings. The molecule has 3 rings (SSSR count). The Morgan fingerprint density at radius 3 is 2.40 bits per heavy atom. The van der Waals surface area contributed by atoms with E-state index in [4.69, 9.17) is 9.47 Å². The maximum atomic E-state index is 9.70. The number of morpholine rings is 1. The molecule has 0 saturated carbocycles. The average molecular weight is 348 g/mol. The lowest BCUT2D eigenvalue weighted by Crippen LogP contribution is -2.38. The predicted molar refractivity (Wildman–Crippen MR) is 98.9 cm³/mol. The molecule has 0 bridgehead atoms. The summed E-state index contributed by atoms with van der Waals surface area (Å²) in [6.45, 7) is 10.4. The van der Waals surface area contributed by atoms with Crippen molar-refractivity contribution in [1.82, 2.24) is 9.80 Å². The van der Waals surface area contributed by atoms with Crippen molar-refractivity contribution in [1.29, 1.82) is 0 Å². The maximum Gasteiger partial charge on any atom is 0.119 e. The van der Waals surface area contributed by atoms with Crippen molar-refractivity contribution in [2.75, 3.05) is 52.5 Å². The second kappa shape index (κ2) is 9.53. The van der Waals surface area contributed by atoms with E-state index >= 15 is 0 Å². The summed E-state index contributed by atoms with van der Waals surface area (Å²) in [7, 11) is 0. The third kappa shape index (κ3) is 5.96. The van der Waals surface area contributed by atoms with Crippen molar-refractivity contribution in [3.8, 4) is 5.75 Å². The summed E-state index contributed by atoms with van der Waals surface area (Å²) in [5.41, 5.74) is 1.33. The third-order valence-electron chi connectivity index (χ3n) is 5.42. The molecule has 0 spiro atoms. The Hall–Kier alpha value is -1.14. The van der Waals surface area contributed by atoms with Crippen molar-refractivity contribution in [3.05, 3.63) is 29.8 Å². The molecule has 1 aromatic rings. The summed E-state index contributed by atoms with van der Waals surface area (Å²) in [6.07, 6.45) is 2.02. The zero-order valence-corrected chi connectivity index (χ0v) is 15.4.